The van der Waals surface area contributed by atoms with Gasteiger partial charge in [0.2, 0.25) is 0 Å². The van der Waals surface area contributed by atoms with Crippen molar-refractivity contribution in [2.45, 2.75) is 63.2 Å². The van der Waals surface area contributed by atoms with Crippen molar-refractivity contribution in [2.24, 2.45) is 0 Å². The van der Waals surface area contributed by atoms with Gasteiger partial charge in [-0.15, -0.1) is 18.2 Å². The van der Waals surface area contributed by atoms with Crippen LogP contribution in [0.4, 0.5) is 0 Å². The van der Waals surface area contributed by atoms with Crippen LogP contribution < -0.4 is 4.40 Å². The fourth-order valence-corrected chi connectivity index (χ4v) is 10.8. The molecule has 3 aromatic heterocycles. The largest absolute Gasteiger partial charge is 0 e. The zero-order valence-corrected chi connectivity index (χ0v) is 38.9. The van der Waals surface area contributed by atoms with Gasteiger partial charge >= 0.3 is 120 Å². The van der Waals surface area contributed by atoms with Gasteiger partial charge in [-0.1, -0.05) is 98.5 Å². The Hall–Kier alpha value is -5.07. The van der Waals surface area contributed by atoms with Gasteiger partial charge in [0.25, 0.3) is 0 Å². The average Bonchev–Trinajstić information content (AvgIpc) is 3.79. The van der Waals surface area contributed by atoms with Crippen LogP contribution in [0.25, 0.3) is 72.4 Å². The third-order valence-electron chi connectivity index (χ3n) is 10.5. The number of aromatic nitrogens is 3. The van der Waals surface area contributed by atoms with Gasteiger partial charge in [0, 0.05) is 36.7 Å². The molecule has 0 aliphatic heterocycles. The molecule has 0 atom stereocenters. The number of furan rings is 1. The van der Waals surface area contributed by atoms with E-state index in [2.05, 4.69) is 145 Å². The summed E-state index contributed by atoms with van der Waals surface area (Å²) in [4.78, 5) is 9.78. The second-order valence-electron chi connectivity index (χ2n) is 16.9. The minimum absolute atomic E-state index is 0. The van der Waals surface area contributed by atoms with E-state index in [1.54, 1.807) is 0 Å². The maximum absolute atomic E-state index is 8.44. The van der Waals surface area contributed by atoms with Crippen molar-refractivity contribution in [1.29, 1.82) is 0 Å². The molecule has 0 aliphatic carbocycles. The van der Waals surface area contributed by atoms with Crippen molar-refractivity contribution in [3.05, 3.63) is 169 Å². The van der Waals surface area contributed by atoms with E-state index >= 15 is 0 Å². The van der Waals surface area contributed by atoms with Crippen LogP contribution in [0, 0.1) is 12.1 Å². The number of imidazole rings is 1. The smallest absolute Gasteiger partial charge is 0 e. The molecule has 9 rings (SSSR count). The molecule has 6 aromatic carbocycles. The number of fused-ring (bicyclic) bond motifs is 4. The van der Waals surface area contributed by atoms with Gasteiger partial charge in [0.1, 0.15) is 5.58 Å². The van der Waals surface area contributed by atoms with E-state index in [1.165, 1.54) is 21.1 Å². The predicted molar refractivity (Wildman–Crippen MR) is 242 cm³/mol. The second-order valence-corrected chi connectivity index (χ2v) is 27.5. The molecule has 0 saturated heterocycles. The van der Waals surface area contributed by atoms with Gasteiger partial charge in [-0.3, -0.25) is 4.98 Å². The van der Waals surface area contributed by atoms with E-state index in [0.717, 1.165) is 66.9 Å². The Bertz CT molecular complexity index is 2900. The summed E-state index contributed by atoms with van der Waals surface area (Å²) in [6.45, 7) is 10.7. The first-order valence-corrected chi connectivity index (χ1v) is 27.0. The van der Waals surface area contributed by atoms with Gasteiger partial charge in [0.15, 0.2) is 0 Å². The summed E-state index contributed by atoms with van der Waals surface area (Å²) in [5, 5.41) is 2.17. The molecule has 0 spiro atoms. The molecule has 0 amide bonds. The van der Waals surface area contributed by atoms with Crippen molar-refractivity contribution < 1.29 is 25.9 Å². The van der Waals surface area contributed by atoms with Crippen molar-refractivity contribution in [2.75, 3.05) is 0 Å². The number of rotatable bonds is 6. The van der Waals surface area contributed by atoms with Gasteiger partial charge in [-0.25, -0.2) is 0 Å². The fraction of sp³-hybridized carbons (Fsp3) is 0.192. The minimum atomic E-state index is -2.03. The Labute approximate surface area is 360 Å². The first kappa shape index (κ1) is 39.7. The molecule has 0 N–H and O–H groups in total. The first-order chi connectivity index (χ1) is 27.7. The maximum Gasteiger partial charge on any atom is 0 e. The zero-order chi connectivity index (χ0) is 40.8. The third kappa shape index (κ3) is 8.14. The summed E-state index contributed by atoms with van der Waals surface area (Å²) in [7, 11) is 0. The monoisotopic (exact) mass is 999 g/mol. The number of para-hydroxylation sites is 3. The van der Waals surface area contributed by atoms with Crippen LogP contribution in [0.3, 0.4) is 0 Å². The van der Waals surface area contributed by atoms with E-state index < -0.39 is 19.2 Å². The molecular formula is C52H49GeIrN3O-2. The Kier molecular flexibility index (Phi) is 11.4. The van der Waals surface area contributed by atoms with Crippen LogP contribution in [-0.4, -0.2) is 27.8 Å². The van der Waals surface area contributed by atoms with Crippen molar-refractivity contribution in [3.63, 3.8) is 0 Å². The van der Waals surface area contributed by atoms with E-state index in [4.69, 9.17) is 10.8 Å². The van der Waals surface area contributed by atoms with Gasteiger partial charge in [0.05, 0.1) is 22.4 Å². The summed E-state index contributed by atoms with van der Waals surface area (Å²) in [6.07, 6.45) is 2.00. The second kappa shape index (κ2) is 16.7. The minimum Gasteiger partial charge on any atom is 0 e. The van der Waals surface area contributed by atoms with Crippen LogP contribution >= 0.6 is 0 Å². The molecule has 0 fully saturated rings. The fourth-order valence-electron chi connectivity index (χ4n) is 7.51. The van der Waals surface area contributed by atoms with Gasteiger partial charge in [-0.05, 0) is 46.9 Å². The van der Waals surface area contributed by atoms with Gasteiger partial charge in [-0.2, -0.15) is 0 Å². The van der Waals surface area contributed by atoms with E-state index in [-0.39, 0.29) is 25.5 Å². The average molecular weight is 998 g/mol. The number of hydrogen-bond acceptors (Lipinski definition) is 3. The van der Waals surface area contributed by atoms with Gasteiger partial charge < -0.3 is 8.98 Å². The summed E-state index contributed by atoms with van der Waals surface area (Å²) >= 11 is -2.03. The molecule has 4 nitrogen and oxygen atoms in total. The molecule has 9 aromatic rings. The molecule has 0 saturated carbocycles. The molecule has 3 heterocycles. The number of pyridine rings is 1. The van der Waals surface area contributed by atoms with Crippen LogP contribution in [0.1, 0.15) is 53.0 Å². The summed E-state index contributed by atoms with van der Waals surface area (Å²) in [5.41, 5.74) is 12.3. The van der Waals surface area contributed by atoms with Crippen molar-refractivity contribution >= 4 is 50.6 Å². The number of benzene rings is 6. The molecule has 293 valence electrons. The number of nitrogens with zero attached hydrogens (tertiary/aromatic N) is 3. The van der Waals surface area contributed by atoms with Crippen molar-refractivity contribution in [3.8, 4) is 39.5 Å². The predicted octanol–water partition coefficient (Wildman–Crippen LogP) is 13.6. The van der Waals surface area contributed by atoms with Crippen LogP contribution in [-0.2, 0) is 25.5 Å². The van der Waals surface area contributed by atoms with Crippen LogP contribution in [0.2, 0.25) is 17.3 Å². The molecule has 0 bridgehead atoms. The van der Waals surface area contributed by atoms with E-state index in [1.807, 2.05) is 74.6 Å². The maximum atomic E-state index is 8.44. The summed E-state index contributed by atoms with van der Waals surface area (Å²) < 4.78 is 18.5. The molecule has 0 aliphatic rings. The van der Waals surface area contributed by atoms with Crippen LogP contribution in [0.15, 0.2) is 150 Å². The Morgan fingerprint density at radius 3 is 2.21 bits per heavy atom. The van der Waals surface area contributed by atoms with Crippen molar-refractivity contribution in [1.82, 2.24) is 14.5 Å². The van der Waals surface area contributed by atoms with E-state index in [9.17, 15) is 0 Å². The molecule has 58 heavy (non-hydrogen) atoms. The standard InChI is InChI=1S/C35H27N2O.C17H22GeN.Ir/c1-35(2,3)24-20-21-30(28(22-24)23-12-5-4-6-13-23)37-31-18-9-8-17-29(31)36-34(37)27-16-11-15-26-25-14-7-10-19-32(25)38-33(26)27;1-13(2)15-11-17(14-9-7-6-8-10-14)19-12-16(15)18(3,4)5;/h4-15,17-22H,1-3H3;6-9,11-13H,1-5H3;/q2*-1;/i;13D;. The molecule has 0 unspecified atom stereocenters. The zero-order valence-electron chi connectivity index (χ0n) is 35.4. The normalized spacial score (nSPS) is 12.2. The summed E-state index contributed by atoms with van der Waals surface area (Å²) in [5.74, 6) is 7.26. The SMILES string of the molecule is CC(C)(C)c1ccc(-n2c(-c3[c-]ccc4c3oc3ccccc34)nc3ccccc32)c(-c2ccccc2)c1.[2H]C(C)(C)c1cc(-c2[c-]cccc2)nc[c]1[Ge]([CH3])([CH3])[CH3].[Ir]. The topological polar surface area (TPSA) is 43.9 Å². The molecule has 1 radical (unpaired) electrons. The Morgan fingerprint density at radius 2 is 1.48 bits per heavy atom. The number of hydrogen-bond donors (Lipinski definition) is 0. The molecular weight excluding hydrogens is 947 g/mol. The summed E-state index contributed by atoms with van der Waals surface area (Å²) in [6, 6.07) is 54.6. The first-order valence-electron chi connectivity index (χ1n) is 20.2. The van der Waals surface area contributed by atoms with E-state index in [0.29, 0.717) is 0 Å². The molecule has 6 heteroatoms. The van der Waals surface area contributed by atoms with Crippen LogP contribution in [0.5, 0.6) is 0 Å². The Morgan fingerprint density at radius 1 is 0.759 bits per heavy atom. The Balaban J connectivity index is 0.000000214. The third-order valence-corrected chi connectivity index (χ3v) is 14.8. The quantitative estimate of drug-likeness (QED) is 0.123.